The number of rotatable bonds is 1. The van der Waals surface area contributed by atoms with Crippen molar-refractivity contribution in [3.05, 3.63) is 29.3 Å². The zero-order valence-corrected chi connectivity index (χ0v) is 11.9. The quantitative estimate of drug-likeness (QED) is 0.837. The summed E-state index contributed by atoms with van der Waals surface area (Å²) in [5.74, 6) is 0. The summed E-state index contributed by atoms with van der Waals surface area (Å²) in [6.07, 6.45) is 2.57. The molecule has 2 aliphatic heterocycles. The first-order chi connectivity index (χ1) is 8.58. The monoisotopic (exact) mass is 264 g/mol. The minimum absolute atomic E-state index is 0.338. The average Bonchev–Trinajstić information content (AvgIpc) is 2.67. The summed E-state index contributed by atoms with van der Waals surface area (Å²) in [4.78, 5) is 2.57. The fourth-order valence-corrected chi connectivity index (χ4v) is 3.72. The van der Waals surface area contributed by atoms with Gasteiger partial charge in [0.15, 0.2) is 0 Å². The molecule has 2 heterocycles. The normalized spacial score (nSPS) is 30.3. The third-order valence-corrected chi connectivity index (χ3v) is 4.66. The molecule has 2 fully saturated rings. The second-order valence-corrected chi connectivity index (χ2v) is 6.67. The van der Waals surface area contributed by atoms with Crippen molar-refractivity contribution in [2.75, 3.05) is 18.0 Å². The van der Waals surface area contributed by atoms with Crippen molar-refractivity contribution in [1.29, 1.82) is 0 Å². The van der Waals surface area contributed by atoms with Crippen LogP contribution in [0, 0.1) is 5.41 Å². The van der Waals surface area contributed by atoms with E-state index in [0.717, 1.165) is 18.1 Å². The Labute approximate surface area is 114 Å². The van der Waals surface area contributed by atoms with Crippen LogP contribution in [-0.2, 0) is 0 Å². The van der Waals surface area contributed by atoms with E-state index in [4.69, 9.17) is 11.6 Å². The van der Waals surface area contributed by atoms with Crippen LogP contribution in [0.1, 0.15) is 26.7 Å². The van der Waals surface area contributed by atoms with Crippen LogP contribution in [0.2, 0.25) is 5.02 Å². The van der Waals surface area contributed by atoms with Crippen molar-refractivity contribution in [1.82, 2.24) is 5.32 Å². The van der Waals surface area contributed by atoms with Gasteiger partial charge in [0, 0.05) is 29.8 Å². The maximum atomic E-state index is 5.99. The summed E-state index contributed by atoms with van der Waals surface area (Å²) >= 11 is 5.99. The maximum absolute atomic E-state index is 5.99. The van der Waals surface area contributed by atoms with Crippen molar-refractivity contribution >= 4 is 17.3 Å². The van der Waals surface area contributed by atoms with Gasteiger partial charge >= 0.3 is 0 Å². The van der Waals surface area contributed by atoms with Gasteiger partial charge in [-0.15, -0.1) is 0 Å². The lowest BCUT2D eigenvalue weighted by Gasteiger charge is -2.44. The summed E-state index contributed by atoms with van der Waals surface area (Å²) in [5.41, 5.74) is 1.65. The molecule has 2 aliphatic rings. The highest BCUT2D eigenvalue weighted by molar-refractivity contribution is 6.30. The Bertz CT molecular complexity index is 427. The predicted octanol–water partition coefficient (Wildman–Crippen LogP) is 3.31. The predicted molar refractivity (Wildman–Crippen MR) is 77.4 cm³/mol. The number of benzene rings is 1. The number of hydrogen-bond donors (Lipinski definition) is 1. The fraction of sp³-hybridized carbons (Fsp3) is 0.600. The number of anilines is 1. The molecule has 2 atom stereocenters. The largest absolute Gasteiger partial charge is 0.366 e. The molecular weight excluding hydrogens is 244 g/mol. The molecule has 1 aromatic carbocycles. The maximum Gasteiger partial charge on any atom is 0.0506 e. The molecule has 0 radical (unpaired) electrons. The van der Waals surface area contributed by atoms with Gasteiger partial charge in [-0.3, -0.25) is 0 Å². The van der Waals surface area contributed by atoms with Crippen molar-refractivity contribution in [3.63, 3.8) is 0 Å². The molecule has 2 nitrogen and oxygen atoms in total. The number of piperidine rings is 1. The van der Waals surface area contributed by atoms with Gasteiger partial charge in [0.2, 0.25) is 0 Å². The van der Waals surface area contributed by atoms with Crippen LogP contribution >= 0.6 is 11.6 Å². The second-order valence-electron chi connectivity index (χ2n) is 6.23. The van der Waals surface area contributed by atoms with Crippen molar-refractivity contribution < 1.29 is 0 Å². The molecule has 0 spiro atoms. The first-order valence-electron chi connectivity index (χ1n) is 6.83. The molecular formula is C15H21ClN2. The minimum atomic E-state index is 0.338. The lowest BCUT2D eigenvalue weighted by atomic mass is 9.80. The van der Waals surface area contributed by atoms with Gasteiger partial charge in [-0.2, -0.15) is 0 Å². The van der Waals surface area contributed by atoms with Crippen LogP contribution in [0.25, 0.3) is 0 Å². The van der Waals surface area contributed by atoms with E-state index in [0.29, 0.717) is 17.5 Å². The van der Waals surface area contributed by atoms with Crippen molar-refractivity contribution in [3.8, 4) is 0 Å². The molecule has 98 valence electrons. The Morgan fingerprint density at radius 3 is 2.72 bits per heavy atom. The van der Waals surface area contributed by atoms with Gasteiger partial charge in [0.05, 0.1) is 6.04 Å². The molecule has 0 aliphatic carbocycles. The summed E-state index contributed by atoms with van der Waals surface area (Å²) in [5, 5.41) is 4.51. The van der Waals surface area contributed by atoms with E-state index < -0.39 is 0 Å². The van der Waals surface area contributed by atoms with Crippen LogP contribution < -0.4 is 10.2 Å². The number of hydrogen-bond acceptors (Lipinski definition) is 2. The molecule has 0 bridgehead atoms. The molecule has 3 heteroatoms. The zero-order valence-electron chi connectivity index (χ0n) is 11.1. The smallest absolute Gasteiger partial charge is 0.0506 e. The van der Waals surface area contributed by atoms with Crippen molar-refractivity contribution in [2.45, 2.75) is 38.8 Å². The molecule has 0 aromatic heterocycles. The van der Waals surface area contributed by atoms with E-state index in [1.807, 2.05) is 12.1 Å². The Hall–Kier alpha value is -0.730. The van der Waals surface area contributed by atoms with Crippen LogP contribution in [0.15, 0.2) is 24.3 Å². The standard InChI is InChI=1S/C15H21ClN2/c1-15(2)10-17-13-4-3-9-18(14(13)15)12-7-5-11(16)6-8-12/h5-8,13-14,17H,3-4,9-10H2,1-2H3. The summed E-state index contributed by atoms with van der Waals surface area (Å²) < 4.78 is 0. The highest BCUT2D eigenvalue weighted by atomic mass is 35.5. The Kier molecular flexibility index (Phi) is 3.03. The van der Waals surface area contributed by atoms with Gasteiger partial charge in [0.1, 0.15) is 0 Å². The lowest BCUT2D eigenvalue weighted by molar-refractivity contribution is 0.291. The fourth-order valence-electron chi connectivity index (χ4n) is 3.60. The van der Waals surface area contributed by atoms with E-state index in [1.54, 1.807) is 0 Å². The van der Waals surface area contributed by atoms with E-state index >= 15 is 0 Å². The Morgan fingerprint density at radius 1 is 1.28 bits per heavy atom. The van der Waals surface area contributed by atoms with Gasteiger partial charge in [0.25, 0.3) is 0 Å². The Balaban J connectivity index is 1.92. The third-order valence-electron chi connectivity index (χ3n) is 4.41. The zero-order chi connectivity index (χ0) is 12.8. The number of nitrogens with one attached hydrogen (secondary N) is 1. The second kappa shape index (κ2) is 4.43. The van der Waals surface area contributed by atoms with Crippen LogP contribution in [0.5, 0.6) is 0 Å². The van der Waals surface area contributed by atoms with E-state index in [2.05, 4.69) is 36.2 Å². The van der Waals surface area contributed by atoms with Crippen molar-refractivity contribution in [2.24, 2.45) is 5.41 Å². The molecule has 1 aromatic rings. The van der Waals surface area contributed by atoms with Gasteiger partial charge < -0.3 is 10.2 Å². The van der Waals surface area contributed by atoms with E-state index in [-0.39, 0.29) is 0 Å². The van der Waals surface area contributed by atoms with E-state index in [9.17, 15) is 0 Å². The summed E-state index contributed by atoms with van der Waals surface area (Å²) in [6.45, 7) is 7.03. The molecule has 3 rings (SSSR count). The first-order valence-corrected chi connectivity index (χ1v) is 7.21. The van der Waals surface area contributed by atoms with Crippen LogP contribution in [0.3, 0.4) is 0 Å². The highest BCUT2D eigenvalue weighted by Gasteiger charge is 2.46. The molecule has 0 saturated carbocycles. The van der Waals surface area contributed by atoms with Gasteiger partial charge in [-0.05, 0) is 42.5 Å². The minimum Gasteiger partial charge on any atom is -0.366 e. The highest BCUT2D eigenvalue weighted by Crippen LogP contribution is 2.39. The first kappa shape index (κ1) is 12.3. The SMILES string of the molecule is CC1(C)CNC2CCCN(c3ccc(Cl)cc3)C21. The molecule has 18 heavy (non-hydrogen) atoms. The van der Waals surface area contributed by atoms with Gasteiger partial charge in [-0.1, -0.05) is 25.4 Å². The number of halogens is 1. The van der Waals surface area contributed by atoms with E-state index in [1.165, 1.54) is 18.5 Å². The van der Waals surface area contributed by atoms with Crippen LogP contribution in [-0.4, -0.2) is 25.2 Å². The lowest BCUT2D eigenvalue weighted by Crippen LogP contribution is -2.53. The average molecular weight is 265 g/mol. The molecule has 2 unspecified atom stereocenters. The van der Waals surface area contributed by atoms with Crippen LogP contribution in [0.4, 0.5) is 5.69 Å². The number of fused-ring (bicyclic) bond motifs is 1. The third kappa shape index (κ3) is 2.02. The topological polar surface area (TPSA) is 15.3 Å². The summed E-state index contributed by atoms with van der Waals surface area (Å²) in [7, 11) is 0. The molecule has 2 saturated heterocycles. The van der Waals surface area contributed by atoms with Gasteiger partial charge in [-0.25, -0.2) is 0 Å². The Morgan fingerprint density at radius 2 is 2.00 bits per heavy atom. The molecule has 1 N–H and O–H groups in total. The molecule has 0 amide bonds. The summed E-state index contributed by atoms with van der Waals surface area (Å²) in [6, 6.07) is 9.54. The number of nitrogens with zero attached hydrogens (tertiary/aromatic N) is 1.